The number of benzene rings is 2. The van der Waals surface area contributed by atoms with E-state index in [1.54, 1.807) is 4.68 Å². The lowest BCUT2D eigenvalue weighted by Crippen LogP contribution is -2.64. The first-order chi connectivity index (χ1) is 13.3. The summed E-state index contributed by atoms with van der Waals surface area (Å²) in [6.45, 7) is 0. The van der Waals surface area contributed by atoms with Crippen LogP contribution in [0.5, 0.6) is 0 Å². The van der Waals surface area contributed by atoms with E-state index in [2.05, 4.69) is 31.7 Å². The maximum atomic E-state index is 12.4. The fourth-order valence-electron chi connectivity index (χ4n) is 2.81. The van der Waals surface area contributed by atoms with Gasteiger partial charge < -0.3 is 5.32 Å². The molecule has 9 heteroatoms. The van der Waals surface area contributed by atoms with Crippen LogP contribution in [0, 0.1) is 0 Å². The molecule has 1 aliphatic rings. The predicted molar refractivity (Wildman–Crippen MR) is 103 cm³/mol. The number of tetrazole rings is 1. The van der Waals surface area contributed by atoms with E-state index >= 15 is 0 Å². The lowest BCUT2D eigenvalue weighted by Gasteiger charge is -2.31. The van der Waals surface area contributed by atoms with Gasteiger partial charge in [-0.15, -0.1) is 16.9 Å². The first-order valence-electron chi connectivity index (χ1n) is 8.59. The van der Waals surface area contributed by atoms with Crippen molar-refractivity contribution in [1.82, 2.24) is 36.4 Å². The van der Waals surface area contributed by atoms with Gasteiger partial charge in [0.2, 0.25) is 5.91 Å². The molecule has 0 radical (unpaired) electrons. The molecule has 2 heterocycles. The maximum Gasteiger partial charge on any atom is 0.240 e. The number of carbonyl (C=O) groups excluding carboxylic acids is 1. The van der Waals surface area contributed by atoms with E-state index in [0.717, 1.165) is 11.3 Å². The molecule has 27 heavy (non-hydrogen) atoms. The van der Waals surface area contributed by atoms with Crippen molar-refractivity contribution in [3.05, 3.63) is 72.1 Å². The summed E-state index contributed by atoms with van der Waals surface area (Å²) in [6, 6.07) is 19.3. The molecule has 1 aromatic heterocycles. The Labute approximate surface area is 160 Å². The number of thioether (sulfide) groups is 1. The van der Waals surface area contributed by atoms with Gasteiger partial charge in [0.25, 0.3) is 0 Å². The molecule has 1 fully saturated rings. The highest BCUT2D eigenvalue weighted by atomic mass is 32.2. The molecule has 1 saturated heterocycles. The van der Waals surface area contributed by atoms with Crippen LogP contribution in [0.3, 0.4) is 0 Å². The van der Waals surface area contributed by atoms with Gasteiger partial charge in [-0.1, -0.05) is 48.5 Å². The van der Waals surface area contributed by atoms with Crippen LogP contribution >= 0.6 is 11.8 Å². The summed E-state index contributed by atoms with van der Waals surface area (Å²) in [5, 5.41) is 14.9. The molecule has 2 aromatic carbocycles. The largest absolute Gasteiger partial charge is 0.329 e. The zero-order valence-electron chi connectivity index (χ0n) is 14.4. The predicted octanol–water partition coefficient (Wildman–Crippen LogP) is 1.01. The standard InChI is InChI=1S/C18H19N7OS/c26-17-15(11-13-7-3-1-4-8-13)20-22-18(19-17)27-12-16-21-23-24-25(16)14-9-5-2-6-10-14/h1-10,15,18,20,22H,11-12H2,(H,19,26). The first-order valence-corrected chi connectivity index (χ1v) is 9.64. The molecule has 8 nitrogen and oxygen atoms in total. The number of para-hydroxylation sites is 1. The zero-order chi connectivity index (χ0) is 18.5. The number of hydrogen-bond acceptors (Lipinski definition) is 7. The van der Waals surface area contributed by atoms with Crippen molar-refractivity contribution in [1.29, 1.82) is 0 Å². The molecule has 1 amide bonds. The van der Waals surface area contributed by atoms with Crippen molar-refractivity contribution in [2.45, 2.75) is 23.7 Å². The molecule has 3 aromatic rings. The van der Waals surface area contributed by atoms with E-state index in [4.69, 9.17) is 0 Å². The molecule has 138 valence electrons. The second-order valence-electron chi connectivity index (χ2n) is 6.07. The van der Waals surface area contributed by atoms with Gasteiger partial charge in [-0.05, 0) is 34.5 Å². The molecular formula is C18H19N7OS. The maximum absolute atomic E-state index is 12.4. The van der Waals surface area contributed by atoms with Crippen LogP contribution in [-0.2, 0) is 17.0 Å². The third kappa shape index (κ3) is 4.33. The van der Waals surface area contributed by atoms with Crippen LogP contribution in [0.4, 0.5) is 0 Å². The smallest absolute Gasteiger partial charge is 0.240 e. The lowest BCUT2D eigenvalue weighted by atomic mass is 10.1. The number of hydrogen-bond donors (Lipinski definition) is 3. The van der Waals surface area contributed by atoms with E-state index in [1.807, 2.05) is 60.7 Å². The minimum Gasteiger partial charge on any atom is -0.329 e. The van der Waals surface area contributed by atoms with Crippen molar-refractivity contribution < 1.29 is 4.79 Å². The van der Waals surface area contributed by atoms with E-state index in [9.17, 15) is 4.79 Å². The van der Waals surface area contributed by atoms with Gasteiger partial charge in [0.15, 0.2) is 5.82 Å². The number of aromatic nitrogens is 4. The van der Waals surface area contributed by atoms with Crippen molar-refractivity contribution in [3.63, 3.8) is 0 Å². The van der Waals surface area contributed by atoms with Crippen LogP contribution in [0.15, 0.2) is 60.7 Å². The zero-order valence-corrected chi connectivity index (χ0v) is 15.3. The van der Waals surface area contributed by atoms with Crippen molar-refractivity contribution in [3.8, 4) is 5.69 Å². The number of rotatable bonds is 6. The Bertz CT molecular complexity index is 887. The van der Waals surface area contributed by atoms with Gasteiger partial charge in [-0.3, -0.25) is 4.79 Å². The van der Waals surface area contributed by atoms with E-state index < -0.39 is 0 Å². The number of amides is 1. The lowest BCUT2D eigenvalue weighted by molar-refractivity contribution is -0.125. The number of nitrogens with zero attached hydrogens (tertiary/aromatic N) is 4. The first kappa shape index (κ1) is 17.7. The van der Waals surface area contributed by atoms with Crippen molar-refractivity contribution in [2.24, 2.45) is 0 Å². The topological polar surface area (TPSA) is 96.8 Å². The minimum absolute atomic E-state index is 0.0299. The fraction of sp³-hybridized carbons (Fsp3) is 0.222. The third-order valence-electron chi connectivity index (χ3n) is 4.18. The summed E-state index contributed by atoms with van der Waals surface area (Å²) in [5.74, 6) is 1.23. The Kier molecular flexibility index (Phi) is 5.42. The Morgan fingerprint density at radius 2 is 1.74 bits per heavy atom. The summed E-state index contributed by atoms with van der Waals surface area (Å²) in [7, 11) is 0. The quantitative estimate of drug-likeness (QED) is 0.586. The summed E-state index contributed by atoms with van der Waals surface area (Å²) < 4.78 is 1.70. The Hall–Kier alpha value is -2.75. The second kappa shape index (κ2) is 8.30. The van der Waals surface area contributed by atoms with Crippen LogP contribution in [-0.4, -0.2) is 37.7 Å². The molecule has 1 aliphatic heterocycles. The van der Waals surface area contributed by atoms with Crippen LogP contribution < -0.4 is 16.2 Å². The van der Waals surface area contributed by atoms with Gasteiger partial charge in [-0.25, -0.2) is 10.9 Å². The summed E-state index contributed by atoms with van der Waals surface area (Å²) in [4.78, 5) is 12.4. The number of carbonyl (C=O) groups is 1. The number of hydrazine groups is 1. The third-order valence-corrected chi connectivity index (χ3v) is 5.17. The van der Waals surface area contributed by atoms with Crippen LogP contribution in [0.25, 0.3) is 5.69 Å². The summed E-state index contributed by atoms with van der Waals surface area (Å²) in [5.41, 5.74) is 8.00. The Balaban J connectivity index is 1.32. The van der Waals surface area contributed by atoms with Crippen molar-refractivity contribution in [2.75, 3.05) is 0 Å². The minimum atomic E-state index is -0.307. The molecule has 2 atom stereocenters. The van der Waals surface area contributed by atoms with E-state index in [1.165, 1.54) is 11.8 Å². The van der Waals surface area contributed by atoms with E-state index in [0.29, 0.717) is 18.0 Å². The van der Waals surface area contributed by atoms with Gasteiger partial charge in [0.1, 0.15) is 11.5 Å². The van der Waals surface area contributed by atoms with Crippen LogP contribution in [0.1, 0.15) is 11.4 Å². The SMILES string of the molecule is O=C1NC(SCc2nnnn2-c2ccccc2)NNC1Cc1ccccc1. The average molecular weight is 381 g/mol. The van der Waals surface area contributed by atoms with Gasteiger partial charge in [0.05, 0.1) is 11.4 Å². The van der Waals surface area contributed by atoms with Crippen molar-refractivity contribution >= 4 is 17.7 Å². The summed E-state index contributed by atoms with van der Waals surface area (Å²) in [6.07, 6.45) is 0.628. The highest BCUT2D eigenvalue weighted by Crippen LogP contribution is 2.17. The molecule has 3 N–H and O–H groups in total. The Morgan fingerprint density at radius 3 is 2.48 bits per heavy atom. The normalized spacial score (nSPS) is 19.6. The average Bonchev–Trinajstić information content (AvgIpc) is 3.18. The molecular weight excluding hydrogens is 362 g/mol. The molecule has 0 bridgehead atoms. The molecule has 0 spiro atoms. The molecule has 2 unspecified atom stereocenters. The molecule has 0 aliphatic carbocycles. The van der Waals surface area contributed by atoms with E-state index in [-0.39, 0.29) is 17.4 Å². The molecule has 0 saturated carbocycles. The van der Waals surface area contributed by atoms with Gasteiger partial charge in [-0.2, -0.15) is 4.68 Å². The van der Waals surface area contributed by atoms with Gasteiger partial charge in [0, 0.05) is 0 Å². The van der Waals surface area contributed by atoms with Gasteiger partial charge >= 0.3 is 0 Å². The molecule has 4 rings (SSSR count). The Morgan fingerprint density at radius 1 is 1.00 bits per heavy atom. The highest BCUT2D eigenvalue weighted by Gasteiger charge is 2.27. The van der Waals surface area contributed by atoms with Crippen LogP contribution in [0.2, 0.25) is 0 Å². The number of nitrogens with one attached hydrogen (secondary N) is 3. The second-order valence-corrected chi connectivity index (χ2v) is 7.17. The summed E-state index contributed by atoms with van der Waals surface area (Å²) >= 11 is 1.51. The fourth-order valence-corrected chi connectivity index (χ4v) is 3.65. The monoisotopic (exact) mass is 381 g/mol. The highest BCUT2D eigenvalue weighted by molar-refractivity contribution is 7.99.